The molecule has 0 aliphatic heterocycles. The molecule has 0 fully saturated rings. The van der Waals surface area contributed by atoms with E-state index in [0.717, 1.165) is 23.1 Å². The van der Waals surface area contributed by atoms with Crippen molar-refractivity contribution in [2.45, 2.75) is 59.7 Å². The fourth-order valence-electron chi connectivity index (χ4n) is 3.01. The molecule has 2 atom stereocenters. The van der Waals surface area contributed by atoms with Gasteiger partial charge in [-0.1, -0.05) is 55.0 Å². The second kappa shape index (κ2) is 10.6. The molecule has 2 amide bonds. The first-order valence-corrected chi connectivity index (χ1v) is 10.2. The number of nitrogens with one attached hydrogen (secondary N) is 1. The van der Waals surface area contributed by atoms with E-state index in [1.807, 2.05) is 76.2 Å². The third kappa shape index (κ3) is 6.63. The van der Waals surface area contributed by atoms with Gasteiger partial charge in [-0.3, -0.25) is 9.59 Å². The summed E-state index contributed by atoms with van der Waals surface area (Å²) in [5.41, 5.74) is 3.09. The van der Waals surface area contributed by atoms with E-state index in [9.17, 15) is 9.59 Å². The lowest BCUT2D eigenvalue weighted by molar-refractivity contribution is -0.142. The van der Waals surface area contributed by atoms with Crippen LogP contribution in [0.1, 0.15) is 43.9 Å². The lowest BCUT2D eigenvalue weighted by atomic mass is 10.1. The molecular formula is C24H32N2O3. The molecule has 2 rings (SSSR count). The molecule has 2 aromatic rings. The van der Waals surface area contributed by atoms with Crippen LogP contribution in [0.2, 0.25) is 0 Å². The summed E-state index contributed by atoms with van der Waals surface area (Å²) in [6, 6.07) is 15.0. The lowest BCUT2D eigenvalue weighted by Gasteiger charge is -2.29. The van der Waals surface area contributed by atoms with Gasteiger partial charge in [0.1, 0.15) is 11.8 Å². The van der Waals surface area contributed by atoms with Crippen molar-refractivity contribution in [3.05, 3.63) is 65.2 Å². The van der Waals surface area contributed by atoms with Crippen LogP contribution in [-0.2, 0) is 16.1 Å². The van der Waals surface area contributed by atoms with E-state index >= 15 is 0 Å². The first kappa shape index (κ1) is 22.5. The summed E-state index contributed by atoms with van der Waals surface area (Å²) in [7, 11) is 0. The van der Waals surface area contributed by atoms with E-state index in [-0.39, 0.29) is 24.5 Å². The van der Waals surface area contributed by atoms with Gasteiger partial charge in [0, 0.05) is 12.6 Å². The highest BCUT2D eigenvalue weighted by Gasteiger charge is 2.27. The molecular weight excluding hydrogens is 364 g/mol. The summed E-state index contributed by atoms with van der Waals surface area (Å²) < 4.78 is 5.78. The third-order valence-corrected chi connectivity index (χ3v) is 5.05. The Morgan fingerprint density at radius 3 is 2.38 bits per heavy atom. The van der Waals surface area contributed by atoms with E-state index in [2.05, 4.69) is 5.32 Å². The van der Waals surface area contributed by atoms with Crippen molar-refractivity contribution in [2.75, 3.05) is 6.61 Å². The van der Waals surface area contributed by atoms with Crippen molar-refractivity contribution in [3.63, 3.8) is 0 Å². The number of carbonyl (C=O) groups excluding carboxylic acids is 2. The molecule has 0 heterocycles. The largest absolute Gasteiger partial charge is 0.483 e. The highest BCUT2D eigenvalue weighted by Crippen LogP contribution is 2.19. The van der Waals surface area contributed by atoms with Crippen molar-refractivity contribution in [1.29, 1.82) is 0 Å². The second-order valence-electron chi connectivity index (χ2n) is 7.56. The molecule has 5 heteroatoms. The van der Waals surface area contributed by atoms with Gasteiger partial charge in [-0.25, -0.2) is 0 Å². The Bertz CT molecular complexity index is 820. The van der Waals surface area contributed by atoms with Crippen LogP contribution in [0, 0.1) is 13.8 Å². The molecule has 0 saturated heterocycles. The maximum atomic E-state index is 13.0. The summed E-state index contributed by atoms with van der Waals surface area (Å²) >= 11 is 0. The number of amides is 2. The predicted molar refractivity (Wildman–Crippen MR) is 116 cm³/mol. The lowest BCUT2D eigenvalue weighted by Crippen LogP contribution is -2.50. The standard InChI is InChI=1S/C24H32N2O3/c1-6-19(4)25-24(28)20(5)26(15-21-10-8-7-9-11-21)23(27)16-29-22-13-12-17(2)14-18(22)3/h7-14,19-20H,6,15-16H2,1-5H3,(H,25,28)/t19-,20+/m0/s1. The van der Waals surface area contributed by atoms with Crippen LogP contribution in [-0.4, -0.2) is 35.4 Å². The maximum absolute atomic E-state index is 13.0. The molecule has 29 heavy (non-hydrogen) atoms. The Kier molecular flexibility index (Phi) is 8.25. The first-order chi connectivity index (χ1) is 13.8. The molecule has 0 aliphatic carbocycles. The quantitative estimate of drug-likeness (QED) is 0.697. The second-order valence-corrected chi connectivity index (χ2v) is 7.56. The van der Waals surface area contributed by atoms with E-state index in [1.54, 1.807) is 11.8 Å². The van der Waals surface area contributed by atoms with Crippen molar-refractivity contribution in [1.82, 2.24) is 10.2 Å². The van der Waals surface area contributed by atoms with Crippen molar-refractivity contribution in [2.24, 2.45) is 0 Å². The molecule has 0 aliphatic rings. The minimum Gasteiger partial charge on any atom is -0.483 e. The van der Waals surface area contributed by atoms with Gasteiger partial charge in [-0.05, 0) is 51.3 Å². The molecule has 0 radical (unpaired) electrons. The van der Waals surface area contributed by atoms with Crippen LogP contribution in [0.25, 0.3) is 0 Å². The van der Waals surface area contributed by atoms with Crippen LogP contribution >= 0.6 is 0 Å². The number of aryl methyl sites for hydroxylation is 2. The summed E-state index contributed by atoms with van der Waals surface area (Å²) in [4.78, 5) is 27.3. The summed E-state index contributed by atoms with van der Waals surface area (Å²) in [5.74, 6) is 0.302. The maximum Gasteiger partial charge on any atom is 0.261 e. The average Bonchev–Trinajstić information content (AvgIpc) is 2.71. The van der Waals surface area contributed by atoms with Crippen molar-refractivity contribution >= 4 is 11.8 Å². The van der Waals surface area contributed by atoms with E-state index in [1.165, 1.54) is 0 Å². The summed E-state index contributed by atoms with van der Waals surface area (Å²) in [6.45, 7) is 9.94. The monoisotopic (exact) mass is 396 g/mol. The molecule has 0 bridgehead atoms. The van der Waals surface area contributed by atoms with E-state index in [4.69, 9.17) is 4.74 Å². The highest BCUT2D eigenvalue weighted by molar-refractivity contribution is 5.88. The van der Waals surface area contributed by atoms with Gasteiger partial charge < -0.3 is 15.0 Å². The van der Waals surface area contributed by atoms with Gasteiger partial charge in [-0.15, -0.1) is 0 Å². The van der Waals surface area contributed by atoms with Gasteiger partial charge in [0.15, 0.2) is 6.61 Å². The molecule has 0 unspecified atom stereocenters. The Balaban J connectivity index is 2.14. The van der Waals surface area contributed by atoms with Gasteiger partial charge in [-0.2, -0.15) is 0 Å². The predicted octanol–water partition coefficient (Wildman–Crippen LogP) is 4.01. The molecule has 1 N–H and O–H groups in total. The van der Waals surface area contributed by atoms with Gasteiger partial charge in [0.2, 0.25) is 5.91 Å². The van der Waals surface area contributed by atoms with Crippen molar-refractivity contribution in [3.8, 4) is 5.75 Å². The zero-order valence-electron chi connectivity index (χ0n) is 18.1. The van der Waals surface area contributed by atoms with Crippen LogP contribution in [0.5, 0.6) is 5.75 Å². The van der Waals surface area contributed by atoms with Crippen molar-refractivity contribution < 1.29 is 14.3 Å². The molecule has 156 valence electrons. The van der Waals surface area contributed by atoms with Crippen LogP contribution in [0.4, 0.5) is 0 Å². The topological polar surface area (TPSA) is 58.6 Å². The third-order valence-electron chi connectivity index (χ3n) is 5.05. The zero-order valence-corrected chi connectivity index (χ0v) is 18.1. The number of hydrogen-bond acceptors (Lipinski definition) is 3. The van der Waals surface area contributed by atoms with E-state index in [0.29, 0.717) is 12.3 Å². The number of ether oxygens (including phenoxy) is 1. The van der Waals surface area contributed by atoms with Gasteiger partial charge >= 0.3 is 0 Å². The van der Waals surface area contributed by atoms with Crippen LogP contribution in [0.15, 0.2) is 48.5 Å². The Hall–Kier alpha value is -2.82. The van der Waals surface area contributed by atoms with Gasteiger partial charge in [0.05, 0.1) is 0 Å². The fraction of sp³-hybridized carbons (Fsp3) is 0.417. The average molecular weight is 397 g/mol. The number of nitrogens with zero attached hydrogens (tertiary/aromatic N) is 1. The molecule has 0 aromatic heterocycles. The summed E-state index contributed by atoms with van der Waals surface area (Å²) in [6.07, 6.45) is 0.834. The molecule has 0 saturated carbocycles. The smallest absolute Gasteiger partial charge is 0.261 e. The number of hydrogen-bond donors (Lipinski definition) is 1. The van der Waals surface area contributed by atoms with Gasteiger partial charge in [0.25, 0.3) is 5.91 Å². The van der Waals surface area contributed by atoms with Crippen LogP contribution < -0.4 is 10.1 Å². The molecule has 0 spiro atoms. The minimum absolute atomic E-state index is 0.0603. The zero-order chi connectivity index (χ0) is 21.4. The first-order valence-electron chi connectivity index (χ1n) is 10.2. The Morgan fingerprint density at radius 1 is 1.07 bits per heavy atom. The normalized spacial score (nSPS) is 12.7. The molecule has 5 nitrogen and oxygen atoms in total. The SMILES string of the molecule is CC[C@H](C)NC(=O)[C@@H](C)N(Cc1ccccc1)C(=O)COc1ccc(C)cc1C. The van der Waals surface area contributed by atoms with E-state index < -0.39 is 6.04 Å². The molecule has 2 aromatic carbocycles. The number of rotatable bonds is 9. The fourth-order valence-corrected chi connectivity index (χ4v) is 3.01. The Morgan fingerprint density at radius 2 is 1.76 bits per heavy atom. The highest BCUT2D eigenvalue weighted by atomic mass is 16.5. The van der Waals surface area contributed by atoms with Crippen LogP contribution in [0.3, 0.4) is 0 Å². The number of carbonyl (C=O) groups is 2. The minimum atomic E-state index is -0.598. The summed E-state index contributed by atoms with van der Waals surface area (Å²) in [5, 5.41) is 2.97. The Labute approximate surface area is 174 Å². The number of benzene rings is 2.